The zero-order valence-electron chi connectivity index (χ0n) is 12.3. The van der Waals surface area contributed by atoms with Gasteiger partial charge in [-0.3, -0.25) is 4.90 Å². The Kier molecular flexibility index (Phi) is 4.83. The van der Waals surface area contributed by atoms with Crippen LogP contribution in [0.4, 0.5) is 0 Å². The molecule has 2 rings (SSSR count). The van der Waals surface area contributed by atoms with Crippen LogP contribution in [0.2, 0.25) is 0 Å². The summed E-state index contributed by atoms with van der Waals surface area (Å²) in [4.78, 5) is 2.49. The Bertz CT molecular complexity index is 390. The van der Waals surface area contributed by atoms with Crippen molar-refractivity contribution in [2.75, 3.05) is 19.7 Å². The van der Waals surface area contributed by atoms with E-state index in [0.717, 1.165) is 18.8 Å². The molecule has 0 radical (unpaired) electrons. The van der Waals surface area contributed by atoms with E-state index in [1.165, 1.54) is 12.0 Å². The van der Waals surface area contributed by atoms with Gasteiger partial charge in [0.15, 0.2) is 0 Å². The van der Waals surface area contributed by atoms with Crippen LogP contribution in [0, 0.1) is 5.92 Å². The zero-order valence-corrected chi connectivity index (χ0v) is 12.3. The Labute approximate surface area is 116 Å². The molecule has 2 N–H and O–H groups in total. The summed E-state index contributed by atoms with van der Waals surface area (Å²) in [7, 11) is 0. The SMILES string of the molecule is CCOc1ccc(C(C)N2CCC(C)C(N)C2)cc1. The topological polar surface area (TPSA) is 38.5 Å². The highest BCUT2D eigenvalue weighted by atomic mass is 16.5. The van der Waals surface area contributed by atoms with Gasteiger partial charge in [-0.05, 0) is 50.4 Å². The largest absolute Gasteiger partial charge is 0.494 e. The fourth-order valence-corrected chi connectivity index (χ4v) is 2.70. The second-order valence-corrected chi connectivity index (χ2v) is 5.60. The lowest BCUT2D eigenvalue weighted by Crippen LogP contribution is -2.48. The molecule has 1 heterocycles. The normalized spacial score (nSPS) is 26.1. The predicted molar refractivity (Wildman–Crippen MR) is 79.4 cm³/mol. The van der Waals surface area contributed by atoms with Gasteiger partial charge < -0.3 is 10.5 Å². The molecular formula is C16H26N2O. The van der Waals surface area contributed by atoms with E-state index in [4.69, 9.17) is 10.5 Å². The first kappa shape index (κ1) is 14.4. The van der Waals surface area contributed by atoms with Crippen LogP contribution in [-0.2, 0) is 0 Å². The van der Waals surface area contributed by atoms with Gasteiger partial charge in [-0.2, -0.15) is 0 Å². The molecule has 0 bridgehead atoms. The molecule has 19 heavy (non-hydrogen) atoms. The van der Waals surface area contributed by atoms with Crippen molar-refractivity contribution in [2.45, 2.75) is 39.3 Å². The summed E-state index contributed by atoms with van der Waals surface area (Å²) in [6.07, 6.45) is 1.20. The standard InChI is InChI=1S/C16H26N2O/c1-4-19-15-7-5-14(6-8-15)13(3)18-10-9-12(2)16(17)11-18/h5-8,12-13,16H,4,9-11,17H2,1-3H3. The zero-order chi connectivity index (χ0) is 13.8. The number of nitrogens with zero attached hydrogens (tertiary/aromatic N) is 1. The molecule has 106 valence electrons. The van der Waals surface area contributed by atoms with Gasteiger partial charge in [-0.25, -0.2) is 0 Å². The van der Waals surface area contributed by atoms with Gasteiger partial charge in [0.05, 0.1) is 6.61 Å². The fraction of sp³-hybridized carbons (Fsp3) is 0.625. The van der Waals surface area contributed by atoms with Gasteiger partial charge in [0, 0.05) is 18.6 Å². The van der Waals surface area contributed by atoms with Crippen LogP contribution < -0.4 is 10.5 Å². The van der Waals surface area contributed by atoms with Crippen LogP contribution in [0.5, 0.6) is 5.75 Å². The number of piperidine rings is 1. The van der Waals surface area contributed by atoms with E-state index in [-0.39, 0.29) is 0 Å². The van der Waals surface area contributed by atoms with Gasteiger partial charge in [0.25, 0.3) is 0 Å². The lowest BCUT2D eigenvalue weighted by Gasteiger charge is -2.38. The molecule has 1 saturated heterocycles. The molecule has 1 aromatic carbocycles. The van der Waals surface area contributed by atoms with Crippen molar-refractivity contribution >= 4 is 0 Å². The van der Waals surface area contributed by atoms with E-state index in [1.807, 2.05) is 6.92 Å². The molecule has 3 nitrogen and oxygen atoms in total. The number of likely N-dealkylation sites (tertiary alicyclic amines) is 1. The Hall–Kier alpha value is -1.06. The number of rotatable bonds is 4. The van der Waals surface area contributed by atoms with E-state index in [9.17, 15) is 0 Å². The number of ether oxygens (including phenoxy) is 1. The smallest absolute Gasteiger partial charge is 0.119 e. The van der Waals surface area contributed by atoms with Crippen molar-refractivity contribution in [3.8, 4) is 5.75 Å². The lowest BCUT2D eigenvalue weighted by molar-refractivity contribution is 0.128. The second kappa shape index (κ2) is 6.40. The quantitative estimate of drug-likeness (QED) is 0.907. The van der Waals surface area contributed by atoms with Crippen LogP contribution >= 0.6 is 0 Å². The van der Waals surface area contributed by atoms with E-state index >= 15 is 0 Å². The highest BCUT2D eigenvalue weighted by molar-refractivity contribution is 5.29. The van der Waals surface area contributed by atoms with Crippen LogP contribution in [0.1, 0.15) is 38.8 Å². The molecule has 0 saturated carbocycles. The van der Waals surface area contributed by atoms with E-state index in [0.29, 0.717) is 24.6 Å². The number of benzene rings is 1. The van der Waals surface area contributed by atoms with Gasteiger partial charge in [0.1, 0.15) is 5.75 Å². The second-order valence-electron chi connectivity index (χ2n) is 5.60. The van der Waals surface area contributed by atoms with Crippen molar-refractivity contribution < 1.29 is 4.74 Å². The summed E-state index contributed by atoms with van der Waals surface area (Å²) in [5, 5.41) is 0. The van der Waals surface area contributed by atoms with Crippen LogP contribution in [0.25, 0.3) is 0 Å². The Morgan fingerprint density at radius 2 is 2.05 bits per heavy atom. The summed E-state index contributed by atoms with van der Waals surface area (Å²) in [5.41, 5.74) is 7.52. The monoisotopic (exact) mass is 262 g/mol. The molecule has 1 aliphatic rings. The summed E-state index contributed by atoms with van der Waals surface area (Å²) >= 11 is 0. The molecule has 0 spiro atoms. The maximum Gasteiger partial charge on any atom is 0.119 e. The summed E-state index contributed by atoms with van der Waals surface area (Å²) in [6, 6.07) is 9.18. The number of hydrogen-bond donors (Lipinski definition) is 1. The summed E-state index contributed by atoms with van der Waals surface area (Å²) in [5.74, 6) is 1.59. The first-order valence-electron chi connectivity index (χ1n) is 7.34. The minimum absolute atomic E-state index is 0.305. The van der Waals surface area contributed by atoms with Gasteiger partial charge >= 0.3 is 0 Å². The first-order chi connectivity index (χ1) is 9.11. The third-order valence-electron chi connectivity index (χ3n) is 4.27. The summed E-state index contributed by atoms with van der Waals surface area (Å²) < 4.78 is 5.48. The van der Waals surface area contributed by atoms with Crippen LogP contribution in [0.3, 0.4) is 0 Å². The van der Waals surface area contributed by atoms with E-state index in [1.54, 1.807) is 0 Å². The van der Waals surface area contributed by atoms with Gasteiger partial charge in [-0.15, -0.1) is 0 Å². The molecular weight excluding hydrogens is 236 g/mol. The maximum atomic E-state index is 6.19. The van der Waals surface area contributed by atoms with E-state index < -0.39 is 0 Å². The molecule has 3 unspecified atom stereocenters. The van der Waals surface area contributed by atoms with Crippen molar-refractivity contribution in [1.29, 1.82) is 0 Å². The fourth-order valence-electron chi connectivity index (χ4n) is 2.70. The van der Waals surface area contributed by atoms with Gasteiger partial charge in [-0.1, -0.05) is 19.1 Å². The average Bonchev–Trinajstić information content (AvgIpc) is 2.42. The third kappa shape index (κ3) is 3.48. The maximum absolute atomic E-state index is 6.19. The molecule has 0 aromatic heterocycles. The number of nitrogens with two attached hydrogens (primary N) is 1. The average molecular weight is 262 g/mol. The molecule has 1 fully saturated rings. The van der Waals surface area contributed by atoms with Crippen molar-refractivity contribution in [3.63, 3.8) is 0 Å². The van der Waals surface area contributed by atoms with Crippen molar-refractivity contribution in [3.05, 3.63) is 29.8 Å². The van der Waals surface area contributed by atoms with Crippen LogP contribution in [0.15, 0.2) is 24.3 Å². The number of hydrogen-bond acceptors (Lipinski definition) is 3. The molecule has 0 amide bonds. The first-order valence-corrected chi connectivity index (χ1v) is 7.34. The molecule has 1 aliphatic heterocycles. The van der Waals surface area contributed by atoms with Crippen molar-refractivity contribution in [2.24, 2.45) is 11.7 Å². The Balaban J connectivity index is 2.00. The molecule has 1 aromatic rings. The van der Waals surface area contributed by atoms with Crippen molar-refractivity contribution in [1.82, 2.24) is 4.90 Å². The highest BCUT2D eigenvalue weighted by Gasteiger charge is 2.26. The molecule has 3 atom stereocenters. The third-order valence-corrected chi connectivity index (χ3v) is 4.27. The predicted octanol–water partition coefficient (Wildman–Crippen LogP) is 2.82. The molecule has 0 aliphatic carbocycles. The molecule has 3 heteroatoms. The van der Waals surface area contributed by atoms with Crippen LogP contribution in [-0.4, -0.2) is 30.6 Å². The minimum Gasteiger partial charge on any atom is -0.494 e. The Morgan fingerprint density at radius 1 is 1.37 bits per heavy atom. The highest BCUT2D eigenvalue weighted by Crippen LogP contribution is 2.27. The lowest BCUT2D eigenvalue weighted by atomic mass is 9.92. The van der Waals surface area contributed by atoms with Gasteiger partial charge in [0.2, 0.25) is 0 Å². The van der Waals surface area contributed by atoms with E-state index in [2.05, 4.69) is 43.0 Å². The Morgan fingerprint density at radius 3 is 2.63 bits per heavy atom. The summed E-state index contributed by atoms with van der Waals surface area (Å²) in [6.45, 7) is 9.38. The minimum atomic E-state index is 0.305.